The van der Waals surface area contributed by atoms with Gasteiger partial charge in [-0.05, 0) is 54.6 Å². The highest BCUT2D eigenvalue weighted by atomic mass is 32.2. The molecule has 0 spiro atoms. The van der Waals surface area contributed by atoms with E-state index in [1.54, 1.807) is 36.4 Å². The highest BCUT2D eigenvalue weighted by molar-refractivity contribution is 7.92. The lowest BCUT2D eigenvalue weighted by atomic mass is 9.84. The van der Waals surface area contributed by atoms with Crippen molar-refractivity contribution in [3.63, 3.8) is 0 Å². The van der Waals surface area contributed by atoms with Crippen LogP contribution in [0, 0.1) is 5.82 Å². The van der Waals surface area contributed by atoms with E-state index in [0.717, 1.165) is 24.3 Å². The summed E-state index contributed by atoms with van der Waals surface area (Å²) in [6, 6.07) is 21.2. The van der Waals surface area contributed by atoms with Crippen LogP contribution >= 0.6 is 0 Å². The average molecular weight is 501 g/mol. The third kappa shape index (κ3) is 4.16. The maximum Gasteiger partial charge on any atom is 0.261 e. The summed E-state index contributed by atoms with van der Waals surface area (Å²) in [5.74, 6) is -1.83. The Morgan fingerprint density at radius 3 is 1.97 bits per heavy atom. The molecule has 0 aliphatic heterocycles. The van der Waals surface area contributed by atoms with E-state index >= 15 is 0 Å². The van der Waals surface area contributed by atoms with Crippen molar-refractivity contribution >= 4 is 38.9 Å². The Hall–Kier alpha value is -4.63. The second-order valence-electron chi connectivity index (χ2n) is 8.02. The van der Waals surface area contributed by atoms with Gasteiger partial charge in [-0.2, -0.15) is 0 Å². The molecule has 0 fully saturated rings. The molecule has 7 nitrogen and oxygen atoms in total. The number of hydrogen-bond donors (Lipinski definition) is 2. The monoisotopic (exact) mass is 500 g/mol. The van der Waals surface area contributed by atoms with E-state index in [1.165, 1.54) is 30.3 Å². The molecule has 2 N–H and O–H groups in total. The van der Waals surface area contributed by atoms with Gasteiger partial charge in [-0.15, -0.1) is 0 Å². The van der Waals surface area contributed by atoms with Gasteiger partial charge in [0.1, 0.15) is 5.82 Å². The Labute approximate surface area is 205 Å². The van der Waals surface area contributed by atoms with E-state index in [1.807, 2.05) is 0 Å². The predicted molar refractivity (Wildman–Crippen MR) is 131 cm³/mol. The SMILES string of the molecule is O=C(Nc1ccc2c(c1)C(=O)c1ccccc1C2=O)c1ccccc1NS(=O)(=O)c1ccc(F)cc1. The van der Waals surface area contributed by atoms with Crippen LogP contribution in [0.3, 0.4) is 0 Å². The van der Waals surface area contributed by atoms with Crippen LogP contribution in [-0.2, 0) is 10.0 Å². The number of carbonyl (C=O) groups is 3. The lowest BCUT2D eigenvalue weighted by Crippen LogP contribution is -2.22. The van der Waals surface area contributed by atoms with Gasteiger partial charge in [0.05, 0.1) is 16.1 Å². The molecule has 1 aliphatic carbocycles. The standard InChI is InChI=1S/C27H17FN2O5S/c28-16-9-12-18(13-10-16)36(34,35)30-24-8-4-3-7-22(24)27(33)29-17-11-14-21-23(15-17)26(32)20-6-2-1-5-19(20)25(21)31/h1-15,30H,(H,29,33). The third-order valence-electron chi connectivity index (χ3n) is 5.72. The van der Waals surface area contributed by atoms with Gasteiger partial charge in [0.2, 0.25) is 0 Å². The van der Waals surface area contributed by atoms with Gasteiger partial charge in [-0.1, -0.05) is 36.4 Å². The first-order valence-corrected chi connectivity index (χ1v) is 12.2. The number of anilines is 2. The van der Waals surface area contributed by atoms with Gasteiger partial charge >= 0.3 is 0 Å². The Morgan fingerprint density at radius 2 is 1.28 bits per heavy atom. The van der Waals surface area contributed by atoms with Crippen molar-refractivity contribution in [3.05, 3.63) is 125 Å². The third-order valence-corrected chi connectivity index (χ3v) is 7.10. The summed E-state index contributed by atoms with van der Waals surface area (Å²) < 4.78 is 41.0. The molecule has 1 amide bonds. The van der Waals surface area contributed by atoms with Crippen molar-refractivity contribution in [2.45, 2.75) is 4.90 Å². The number of nitrogens with one attached hydrogen (secondary N) is 2. The van der Waals surface area contributed by atoms with E-state index in [2.05, 4.69) is 10.0 Å². The molecular weight excluding hydrogens is 483 g/mol. The Balaban J connectivity index is 1.42. The minimum absolute atomic E-state index is 0.0115. The number of amides is 1. The molecule has 4 aromatic rings. The first-order chi connectivity index (χ1) is 17.2. The first-order valence-electron chi connectivity index (χ1n) is 10.8. The van der Waals surface area contributed by atoms with Crippen molar-refractivity contribution in [2.75, 3.05) is 10.0 Å². The Kier molecular flexibility index (Phi) is 5.69. The Morgan fingerprint density at radius 1 is 0.694 bits per heavy atom. The molecule has 4 aromatic carbocycles. The zero-order valence-corrected chi connectivity index (χ0v) is 19.3. The maximum absolute atomic E-state index is 13.2. The van der Waals surface area contributed by atoms with Crippen LogP contribution < -0.4 is 10.0 Å². The van der Waals surface area contributed by atoms with Crippen LogP contribution in [0.1, 0.15) is 42.2 Å². The predicted octanol–water partition coefficient (Wildman–Crippen LogP) is 4.65. The molecule has 0 aromatic heterocycles. The number of ketones is 2. The van der Waals surface area contributed by atoms with Crippen molar-refractivity contribution in [1.82, 2.24) is 0 Å². The second kappa shape index (κ2) is 8.86. The minimum atomic E-state index is -4.09. The highest BCUT2D eigenvalue weighted by Gasteiger charge is 2.29. The molecule has 1 aliphatic rings. The molecule has 0 radical (unpaired) electrons. The van der Waals surface area contributed by atoms with Gasteiger partial charge in [-0.3, -0.25) is 19.1 Å². The first kappa shape index (κ1) is 23.1. The summed E-state index contributed by atoms with van der Waals surface area (Å²) in [6.45, 7) is 0. The molecule has 0 saturated carbocycles. The van der Waals surface area contributed by atoms with E-state index in [0.29, 0.717) is 11.1 Å². The summed E-state index contributed by atoms with van der Waals surface area (Å²) in [7, 11) is -4.09. The molecule has 0 unspecified atom stereocenters. The molecule has 36 heavy (non-hydrogen) atoms. The molecule has 0 atom stereocenters. The van der Waals surface area contributed by atoms with E-state index in [4.69, 9.17) is 0 Å². The number of sulfonamides is 1. The van der Waals surface area contributed by atoms with Gasteiger partial charge in [0.15, 0.2) is 11.6 Å². The summed E-state index contributed by atoms with van der Waals surface area (Å²) in [5.41, 5.74) is 1.32. The number of carbonyl (C=O) groups excluding carboxylic acids is 3. The highest BCUT2D eigenvalue weighted by Crippen LogP contribution is 2.29. The molecular formula is C27H17FN2O5S. The maximum atomic E-state index is 13.2. The lowest BCUT2D eigenvalue weighted by Gasteiger charge is -2.18. The van der Waals surface area contributed by atoms with Crippen LogP contribution in [0.4, 0.5) is 15.8 Å². The number of halogens is 1. The van der Waals surface area contributed by atoms with Gasteiger partial charge in [-0.25, -0.2) is 12.8 Å². The topological polar surface area (TPSA) is 109 Å². The van der Waals surface area contributed by atoms with Crippen LogP contribution in [0.2, 0.25) is 0 Å². The summed E-state index contributed by atoms with van der Waals surface area (Å²) in [6.07, 6.45) is 0. The second-order valence-corrected chi connectivity index (χ2v) is 9.71. The normalized spacial score (nSPS) is 12.5. The molecule has 0 saturated heterocycles. The van der Waals surface area contributed by atoms with Crippen LogP contribution in [-0.4, -0.2) is 25.9 Å². The molecule has 0 bridgehead atoms. The van der Waals surface area contributed by atoms with E-state index < -0.39 is 21.7 Å². The summed E-state index contributed by atoms with van der Waals surface area (Å²) >= 11 is 0. The van der Waals surface area contributed by atoms with Gasteiger partial charge < -0.3 is 5.32 Å². The van der Waals surface area contributed by atoms with Crippen molar-refractivity contribution in [2.24, 2.45) is 0 Å². The number of para-hydroxylation sites is 1. The molecule has 0 heterocycles. The van der Waals surface area contributed by atoms with Crippen LogP contribution in [0.25, 0.3) is 0 Å². The fraction of sp³-hybridized carbons (Fsp3) is 0. The molecule has 9 heteroatoms. The quantitative estimate of drug-likeness (QED) is 0.365. The Bertz CT molecular complexity index is 1660. The summed E-state index contributed by atoms with van der Waals surface area (Å²) in [5, 5.41) is 2.65. The largest absolute Gasteiger partial charge is 0.322 e. The van der Waals surface area contributed by atoms with E-state index in [-0.39, 0.29) is 44.5 Å². The summed E-state index contributed by atoms with van der Waals surface area (Å²) in [4.78, 5) is 38.7. The van der Waals surface area contributed by atoms with Crippen molar-refractivity contribution < 1.29 is 27.2 Å². The van der Waals surface area contributed by atoms with Crippen molar-refractivity contribution in [1.29, 1.82) is 0 Å². The van der Waals surface area contributed by atoms with Gasteiger partial charge in [0.25, 0.3) is 15.9 Å². The smallest absolute Gasteiger partial charge is 0.261 e. The van der Waals surface area contributed by atoms with Crippen LogP contribution in [0.5, 0.6) is 0 Å². The lowest BCUT2D eigenvalue weighted by molar-refractivity contribution is 0.0979. The van der Waals surface area contributed by atoms with Gasteiger partial charge in [0, 0.05) is 27.9 Å². The zero-order chi connectivity index (χ0) is 25.4. The fourth-order valence-corrected chi connectivity index (χ4v) is 5.04. The number of fused-ring (bicyclic) bond motifs is 2. The molecule has 178 valence electrons. The fourth-order valence-electron chi connectivity index (χ4n) is 3.96. The van der Waals surface area contributed by atoms with E-state index in [9.17, 15) is 27.2 Å². The number of benzene rings is 4. The zero-order valence-electron chi connectivity index (χ0n) is 18.5. The average Bonchev–Trinajstić information content (AvgIpc) is 2.87. The molecule has 5 rings (SSSR count). The van der Waals surface area contributed by atoms with Crippen molar-refractivity contribution in [3.8, 4) is 0 Å². The number of rotatable bonds is 5. The minimum Gasteiger partial charge on any atom is -0.322 e. The number of hydrogen-bond acceptors (Lipinski definition) is 5. The van der Waals surface area contributed by atoms with Crippen LogP contribution in [0.15, 0.2) is 95.9 Å².